The summed E-state index contributed by atoms with van der Waals surface area (Å²) in [4.78, 5) is 0.284. The fourth-order valence-electron chi connectivity index (χ4n) is 1.85. The second-order valence-electron chi connectivity index (χ2n) is 5.24. The van der Waals surface area contributed by atoms with Crippen LogP contribution in [0.5, 0.6) is 0 Å². The van der Waals surface area contributed by atoms with Crippen molar-refractivity contribution in [1.82, 2.24) is 4.72 Å². The van der Waals surface area contributed by atoms with Crippen molar-refractivity contribution in [1.29, 1.82) is 0 Å². The van der Waals surface area contributed by atoms with E-state index in [2.05, 4.69) is 18.6 Å². The molecule has 21 heavy (non-hydrogen) atoms. The molecule has 0 atom stereocenters. The van der Waals surface area contributed by atoms with Crippen molar-refractivity contribution >= 4 is 10.0 Å². The lowest BCUT2D eigenvalue weighted by molar-refractivity contribution is 0.0736. The van der Waals surface area contributed by atoms with E-state index in [1.807, 2.05) is 12.1 Å². The highest BCUT2D eigenvalue weighted by atomic mass is 32.2. The summed E-state index contributed by atoms with van der Waals surface area (Å²) in [6.07, 6.45) is 0.946. The van der Waals surface area contributed by atoms with Gasteiger partial charge in [0, 0.05) is 13.7 Å². The maximum absolute atomic E-state index is 12.1. The van der Waals surface area contributed by atoms with Crippen LogP contribution in [0.15, 0.2) is 29.2 Å². The van der Waals surface area contributed by atoms with Crippen LogP contribution in [-0.2, 0) is 25.9 Å². The first-order valence-corrected chi connectivity index (χ1v) is 8.59. The fraction of sp³-hybridized carbons (Fsp3) is 0.600. The highest BCUT2D eigenvalue weighted by Crippen LogP contribution is 2.13. The third kappa shape index (κ3) is 7.04. The molecule has 0 aliphatic carbocycles. The van der Waals surface area contributed by atoms with Crippen LogP contribution < -0.4 is 4.72 Å². The van der Waals surface area contributed by atoms with Crippen molar-refractivity contribution in [2.45, 2.75) is 25.2 Å². The third-order valence-corrected chi connectivity index (χ3v) is 4.32. The monoisotopic (exact) mass is 315 g/mol. The maximum Gasteiger partial charge on any atom is 0.240 e. The fourth-order valence-corrected chi connectivity index (χ4v) is 2.87. The van der Waals surface area contributed by atoms with Crippen LogP contribution in [0.25, 0.3) is 0 Å². The number of nitrogens with one attached hydrogen (secondary N) is 1. The Balaban J connectivity index is 2.46. The molecule has 0 spiro atoms. The number of methoxy groups -OCH3 is 1. The van der Waals surface area contributed by atoms with Gasteiger partial charge in [-0.05, 0) is 30.0 Å². The number of ether oxygens (including phenoxy) is 2. The van der Waals surface area contributed by atoms with Crippen molar-refractivity contribution < 1.29 is 17.9 Å². The van der Waals surface area contributed by atoms with Crippen LogP contribution in [0.2, 0.25) is 0 Å². The van der Waals surface area contributed by atoms with Crippen LogP contribution in [0.1, 0.15) is 19.4 Å². The topological polar surface area (TPSA) is 64.6 Å². The molecule has 0 aliphatic heterocycles. The lowest BCUT2D eigenvalue weighted by atomic mass is 10.0. The highest BCUT2D eigenvalue weighted by molar-refractivity contribution is 7.89. The second-order valence-corrected chi connectivity index (χ2v) is 7.01. The van der Waals surface area contributed by atoms with Gasteiger partial charge in [-0.25, -0.2) is 13.1 Å². The van der Waals surface area contributed by atoms with E-state index >= 15 is 0 Å². The molecule has 0 saturated carbocycles. The Morgan fingerprint density at radius 1 is 1.10 bits per heavy atom. The highest BCUT2D eigenvalue weighted by Gasteiger charge is 2.13. The van der Waals surface area contributed by atoms with Gasteiger partial charge in [0.25, 0.3) is 0 Å². The molecule has 1 aromatic carbocycles. The van der Waals surface area contributed by atoms with Crippen LogP contribution in [0.4, 0.5) is 0 Å². The molecule has 0 heterocycles. The lowest BCUT2D eigenvalue weighted by Gasteiger charge is -2.09. The van der Waals surface area contributed by atoms with Gasteiger partial charge in [-0.1, -0.05) is 26.0 Å². The Morgan fingerprint density at radius 2 is 1.76 bits per heavy atom. The molecule has 1 aromatic rings. The molecular formula is C15H25NO4S. The first-order chi connectivity index (χ1) is 9.95. The zero-order valence-electron chi connectivity index (χ0n) is 13.0. The molecule has 0 radical (unpaired) electrons. The van der Waals surface area contributed by atoms with Crippen molar-refractivity contribution in [2.75, 3.05) is 33.5 Å². The molecule has 1 rings (SSSR count). The number of rotatable bonds is 10. The van der Waals surface area contributed by atoms with Crippen molar-refractivity contribution in [3.8, 4) is 0 Å². The smallest absolute Gasteiger partial charge is 0.240 e. The number of hydrogen-bond donors (Lipinski definition) is 1. The van der Waals surface area contributed by atoms with Gasteiger partial charge < -0.3 is 9.47 Å². The minimum Gasteiger partial charge on any atom is -0.382 e. The van der Waals surface area contributed by atoms with Crippen molar-refractivity contribution in [2.24, 2.45) is 5.92 Å². The summed E-state index contributed by atoms with van der Waals surface area (Å²) in [5.41, 5.74) is 1.15. The van der Waals surface area contributed by atoms with Gasteiger partial charge in [-0.2, -0.15) is 0 Å². The quantitative estimate of drug-likeness (QED) is 0.669. The number of benzene rings is 1. The number of sulfonamides is 1. The van der Waals surface area contributed by atoms with Crippen molar-refractivity contribution in [3.63, 3.8) is 0 Å². The van der Waals surface area contributed by atoms with Gasteiger partial charge in [-0.15, -0.1) is 0 Å². The average Bonchev–Trinajstić information content (AvgIpc) is 2.42. The van der Waals surface area contributed by atoms with E-state index in [1.165, 1.54) is 0 Å². The minimum atomic E-state index is -3.46. The molecule has 0 unspecified atom stereocenters. The Bertz CT molecular complexity index is 497. The standard InChI is InChI=1S/C15H25NO4S/c1-13(2)12-14-4-6-15(7-5-14)21(17,18)16-8-9-20-11-10-19-3/h4-7,13,16H,8-12H2,1-3H3. The van der Waals surface area contributed by atoms with Gasteiger partial charge in [0.15, 0.2) is 0 Å². The second kappa shape index (κ2) is 9.15. The summed E-state index contributed by atoms with van der Waals surface area (Å²) in [5, 5.41) is 0. The van der Waals surface area contributed by atoms with Crippen LogP contribution >= 0.6 is 0 Å². The summed E-state index contributed by atoms with van der Waals surface area (Å²) in [6, 6.07) is 7.02. The molecule has 0 fully saturated rings. The maximum atomic E-state index is 12.1. The van der Waals surface area contributed by atoms with Gasteiger partial charge in [0.05, 0.1) is 24.7 Å². The molecule has 0 bridgehead atoms. The van der Waals surface area contributed by atoms with Gasteiger partial charge in [-0.3, -0.25) is 0 Å². The van der Waals surface area contributed by atoms with E-state index in [9.17, 15) is 8.42 Å². The normalized spacial score (nSPS) is 12.0. The summed E-state index contributed by atoms with van der Waals surface area (Å²) < 4.78 is 36.7. The Kier molecular flexibility index (Phi) is 7.88. The zero-order chi connectivity index (χ0) is 15.7. The summed E-state index contributed by atoms with van der Waals surface area (Å²) in [7, 11) is -1.87. The largest absolute Gasteiger partial charge is 0.382 e. The molecule has 1 N–H and O–H groups in total. The van der Waals surface area contributed by atoms with Crippen molar-refractivity contribution in [3.05, 3.63) is 29.8 Å². The Morgan fingerprint density at radius 3 is 2.33 bits per heavy atom. The third-order valence-electron chi connectivity index (χ3n) is 2.85. The van der Waals surface area contributed by atoms with E-state index in [4.69, 9.17) is 9.47 Å². The molecule has 0 aromatic heterocycles. The zero-order valence-corrected chi connectivity index (χ0v) is 13.8. The molecule has 6 heteroatoms. The minimum absolute atomic E-state index is 0.250. The molecule has 0 amide bonds. The summed E-state index contributed by atoms with van der Waals surface area (Å²) in [5.74, 6) is 0.551. The Hall–Kier alpha value is -0.950. The summed E-state index contributed by atoms with van der Waals surface area (Å²) in [6.45, 7) is 5.81. The van der Waals surface area contributed by atoms with Crippen LogP contribution in [0, 0.1) is 5.92 Å². The summed E-state index contributed by atoms with van der Waals surface area (Å²) >= 11 is 0. The van der Waals surface area contributed by atoms with Gasteiger partial charge >= 0.3 is 0 Å². The predicted octanol–water partition coefficient (Wildman–Crippen LogP) is 1.83. The SMILES string of the molecule is COCCOCCNS(=O)(=O)c1ccc(CC(C)C)cc1. The Labute approximate surface area is 127 Å². The lowest BCUT2D eigenvalue weighted by Crippen LogP contribution is -2.27. The van der Waals surface area contributed by atoms with Crippen LogP contribution in [-0.4, -0.2) is 41.9 Å². The van der Waals surface area contributed by atoms with E-state index in [0.717, 1.165) is 12.0 Å². The predicted molar refractivity (Wildman–Crippen MR) is 82.9 cm³/mol. The van der Waals surface area contributed by atoms with E-state index in [0.29, 0.717) is 25.7 Å². The van der Waals surface area contributed by atoms with E-state index in [-0.39, 0.29) is 11.4 Å². The van der Waals surface area contributed by atoms with E-state index < -0.39 is 10.0 Å². The molecule has 0 aliphatic rings. The van der Waals surface area contributed by atoms with E-state index in [1.54, 1.807) is 19.2 Å². The first kappa shape index (κ1) is 18.1. The van der Waals surface area contributed by atoms with Gasteiger partial charge in [0.1, 0.15) is 0 Å². The number of hydrogen-bond acceptors (Lipinski definition) is 4. The molecule has 120 valence electrons. The van der Waals surface area contributed by atoms with Gasteiger partial charge in [0.2, 0.25) is 10.0 Å². The first-order valence-electron chi connectivity index (χ1n) is 7.11. The average molecular weight is 315 g/mol. The molecule has 0 saturated heterocycles. The van der Waals surface area contributed by atoms with Crippen LogP contribution in [0.3, 0.4) is 0 Å². The molecule has 5 nitrogen and oxygen atoms in total. The molecular weight excluding hydrogens is 290 g/mol.